The summed E-state index contributed by atoms with van der Waals surface area (Å²) in [5.74, 6) is 0.711. The monoisotopic (exact) mass is 238 g/mol. The number of aromatic nitrogens is 1. The second-order valence-corrected chi connectivity index (χ2v) is 5.43. The molecule has 0 aliphatic heterocycles. The first-order valence-electron chi connectivity index (χ1n) is 4.49. The van der Waals surface area contributed by atoms with Gasteiger partial charge in [0.1, 0.15) is 0 Å². The minimum atomic E-state index is -3.22. The standard InChI is InChI=1S/C10H10N2O3S/c1-16(13,14)8-4-2-3-7(5-8)9-6-10(11)12-15-9/h2-6H,1H3,(H2,11,12). The van der Waals surface area contributed by atoms with Crippen LogP contribution in [0.5, 0.6) is 0 Å². The summed E-state index contributed by atoms with van der Waals surface area (Å²) in [6.07, 6.45) is 1.15. The highest BCUT2D eigenvalue weighted by Crippen LogP contribution is 2.23. The van der Waals surface area contributed by atoms with E-state index in [0.29, 0.717) is 11.3 Å². The smallest absolute Gasteiger partial charge is 0.175 e. The molecular weight excluding hydrogens is 228 g/mol. The topological polar surface area (TPSA) is 86.2 Å². The summed E-state index contributed by atoms with van der Waals surface area (Å²) < 4.78 is 27.6. The fourth-order valence-electron chi connectivity index (χ4n) is 1.30. The third-order valence-electron chi connectivity index (χ3n) is 2.08. The third-order valence-corrected chi connectivity index (χ3v) is 3.19. The second-order valence-electron chi connectivity index (χ2n) is 3.42. The first-order chi connectivity index (χ1) is 7.47. The highest BCUT2D eigenvalue weighted by atomic mass is 32.2. The van der Waals surface area contributed by atoms with Gasteiger partial charge in [-0.15, -0.1) is 0 Å². The van der Waals surface area contributed by atoms with Crippen molar-refractivity contribution in [1.29, 1.82) is 0 Å². The van der Waals surface area contributed by atoms with E-state index >= 15 is 0 Å². The van der Waals surface area contributed by atoms with Crippen LogP contribution in [-0.4, -0.2) is 19.8 Å². The van der Waals surface area contributed by atoms with Gasteiger partial charge in [-0.2, -0.15) is 0 Å². The van der Waals surface area contributed by atoms with Crippen LogP contribution in [0.25, 0.3) is 11.3 Å². The van der Waals surface area contributed by atoms with Gasteiger partial charge in [0.15, 0.2) is 21.4 Å². The molecule has 16 heavy (non-hydrogen) atoms. The van der Waals surface area contributed by atoms with E-state index in [1.165, 1.54) is 12.1 Å². The van der Waals surface area contributed by atoms with Gasteiger partial charge in [-0.05, 0) is 12.1 Å². The van der Waals surface area contributed by atoms with E-state index in [-0.39, 0.29) is 10.7 Å². The van der Waals surface area contributed by atoms with Crippen LogP contribution in [-0.2, 0) is 9.84 Å². The molecule has 2 rings (SSSR count). The molecule has 84 valence electrons. The Labute approximate surface area is 92.8 Å². The van der Waals surface area contributed by atoms with Crippen LogP contribution in [0.3, 0.4) is 0 Å². The number of nitrogen functional groups attached to an aromatic ring is 1. The lowest BCUT2D eigenvalue weighted by atomic mass is 10.2. The quantitative estimate of drug-likeness (QED) is 0.852. The minimum Gasteiger partial charge on any atom is -0.381 e. The number of nitrogens with zero attached hydrogens (tertiary/aromatic N) is 1. The zero-order chi connectivity index (χ0) is 11.8. The van der Waals surface area contributed by atoms with Crippen LogP contribution in [0.1, 0.15) is 0 Å². The van der Waals surface area contributed by atoms with E-state index in [4.69, 9.17) is 10.3 Å². The van der Waals surface area contributed by atoms with E-state index in [1.807, 2.05) is 0 Å². The number of benzene rings is 1. The van der Waals surface area contributed by atoms with Crippen molar-refractivity contribution in [2.45, 2.75) is 4.90 Å². The van der Waals surface area contributed by atoms with Crippen molar-refractivity contribution in [1.82, 2.24) is 5.16 Å². The number of nitrogens with two attached hydrogens (primary N) is 1. The number of anilines is 1. The average Bonchev–Trinajstić information content (AvgIpc) is 2.64. The second kappa shape index (κ2) is 3.64. The summed E-state index contributed by atoms with van der Waals surface area (Å²) >= 11 is 0. The molecule has 0 radical (unpaired) electrons. The largest absolute Gasteiger partial charge is 0.381 e. The van der Waals surface area contributed by atoms with Crippen molar-refractivity contribution in [3.05, 3.63) is 30.3 Å². The molecule has 0 fully saturated rings. The average molecular weight is 238 g/mol. The Hall–Kier alpha value is -1.82. The van der Waals surface area contributed by atoms with Gasteiger partial charge in [-0.3, -0.25) is 0 Å². The Morgan fingerprint density at radius 2 is 2.06 bits per heavy atom. The zero-order valence-corrected chi connectivity index (χ0v) is 9.36. The van der Waals surface area contributed by atoms with Gasteiger partial charge in [-0.25, -0.2) is 8.42 Å². The van der Waals surface area contributed by atoms with Crippen LogP contribution in [0.2, 0.25) is 0 Å². The van der Waals surface area contributed by atoms with Gasteiger partial charge in [-0.1, -0.05) is 17.3 Å². The van der Waals surface area contributed by atoms with E-state index < -0.39 is 9.84 Å². The molecule has 1 aromatic carbocycles. The van der Waals surface area contributed by atoms with Gasteiger partial charge in [0.05, 0.1) is 4.90 Å². The van der Waals surface area contributed by atoms with Crippen molar-refractivity contribution >= 4 is 15.7 Å². The molecule has 0 atom stereocenters. The number of hydrogen-bond donors (Lipinski definition) is 1. The highest BCUT2D eigenvalue weighted by molar-refractivity contribution is 7.90. The van der Waals surface area contributed by atoms with Crippen molar-refractivity contribution < 1.29 is 12.9 Å². The SMILES string of the molecule is CS(=O)(=O)c1cccc(-c2cc(N)no2)c1. The van der Waals surface area contributed by atoms with Gasteiger partial charge in [0.2, 0.25) is 0 Å². The van der Waals surface area contributed by atoms with Crippen molar-refractivity contribution in [2.75, 3.05) is 12.0 Å². The molecular formula is C10H10N2O3S. The fourth-order valence-corrected chi connectivity index (χ4v) is 1.97. The Morgan fingerprint density at radius 1 is 1.31 bits per heavy atom. The summed E-state index contributed by atoms with van der Waals surface area (Å²) in [7, 11) is -3.22. The molecule has 2 N–H and O–H groups in total. The molecule has 0 bridgehead atoms. The molecule has 0 spiro atoms. The van der Waals surface area contributed by atoms with Crippen LogP contribution in [0, 0.1) is 0 Å². The van der Waals surface area contributed by atoms with Gasteiger partial charge in [0.25, 0.3) is 0 Å². The van der Waals surface area contributed by atoms with E-state index in [9.17, 15) is 8.42 Å². The third kappa shape index (κ3) is 2.06. The Balaban J connectivity index is 2.52. The summed E-state index contributed by atoms with van der Waals surface area (Å²) in [6.45, 7) is 0. The van der Waals surface area contributed by atoms with E-state index in [0.717, 1.165) is 6.26 Å². The Bertz CT molecular complexity index is 616. The minimum absolute atomic E-state index is 0.236. The van der Waals surface area contributed by atoms with E-state index in [2.05, 4.69) is 5.16 Å². The molecule has 0 saturated carbocycles. The molecule has 0 aliphatic carbocycles. The maximum Gasteiger partial charge on any atom is 0.175 e. The first-order valence-corrected chi connectivity index (χ1v) is 6.38. The predicted molar refractivity (Wildman–Crippen MR) is 59.5 cm³/mol. The predicted octanol–water partition coefficient (Wildman–Crippen LogP) is 1.33. The lowest BCUT2D eigenvalue weighted by Gasteiger charge is -1.99. The summed E-state index contributed by atoms with van der Waals surface area (Å²) in [5, 5.41) is 3.54. The van der Waals surface area contributed by atoms with Crippen LogP contribution < -0.4 is 5.73 Å². The van der Waals surface area contributed by atoms with Gasteiger partial charge >= 0.3 is 0 Å². The first kappa shape index (κ1) is 10.7. The highest BCUT2D eigenvalue weighted by Gasteiger charge is 2.10. The molecule has 0 unspecified atom stereocenters. The molecule has 2 aromatic rings. The maximum atomic E-state index is 11.4. The van der Waals surface area contributed by atoms with Crippen LogP contribution in [0.4, 0.5) is 5.82 Å². The molecule has 5 nitrogen and oxygen atoms in total. The summed E-state index contributed by atoms with van der Waals surface area (Å²) in [4.78, 5) is 0.236. The molecule has 0 amide bonds. The van der Waals surface area contributed by atoms with E-state index in [1.54, 1.807) is 18.2 Å². The normalized spacial score (nSPS) is 11.6. The Kier molecular flexibility index (Phi) is 2.43. The summed E-state index contributed by atoms with van der Waals surface area (Å²) in [6, 6.07) is 7.97. The molecule has 6 heteroatoms. The van der Waals surface area contributed by atoms with Crippen LogP contribution in [0.15, 0.2) is 39.8 Å². The lowest BCUT2D eigenvalue weighted by molar-refractivity contribution is 0.435. The van der Waals surface area contributed by atoms with Gasteiger partial charge < -0.3 is 10.3 Å². The Morgan fingerprint density at radius 3 is 2.62 bits per heavy atom. The van der Waals surface area contributed by atoms with Gasteiger partial charge in [0, 0.05) is 17.9 Å². The molecule has 1 heterocycles. The fraction of sp³-hybridized carbons (Fsp3) is 0.100. The zero-order valence-electron chi connectivity index (χ0n) is 8.54. The maximum absolute atomic E-state index is 11.4. The molecule has 0 aliphatic rings. The van der Waals surface area contributed by atoms with Crippen molar-refractivity contribution in [3.63, 3.8) is 0 Å². The number of hydrogen-bond acceptors (Lipinski definition) is 5. The van der Waals surface area contributed by atoms with Crippen molar-refractivity contribution in [2.24, 2.45) is 0 Å². The number of rotatable bonds is 2. The van der Waals surface area contributed by atoms with Crippen LogP contribution >= 0.6 is 0 Å². The number of sulfone groups is 1. The summed E-state index contributed by atoms with van der Waals surface area (Å²) in [5.41, 5.74) is 6.05. The molecule has 1 aromatic heterocycles. The van der Waals surface area contributed by atoms with Crippen molar-refractivity contribution in [3.8, 4) is 11.3 Å². The molecule has 0 saturated heterocycles. The lowest BCUT2D eigenvalue weighted by Crippen LogP contribution is -1.96.